The second-order valence-corrected chi connectivity index (χ2v) is 9.61. The number of rotatable bonds is 5. The third kappa shape index (κ3) is 4.39. The van der Waals surface area contributed by atoms with E-state index in [1.807, 2.05) is 18.2 Å². The van der Waals surface area contributed by atoms with E-state index in [0.717, 1.165) is 10.2 Å². The Morgan fingerprint density at radius 1 is 1.21 bits per heavy atom. The van der Waals surface area contributed by atoms with E-state index in [0.29, 0.717) is 25.1 Å². The lowest BCUT2D eigenvalue weighted by Crippen LogP contribution is -2.45. The van der Waals surface area contributed by atoms with Gasteiger partial charge in [-0.25, -0.2) is 8.42 Å². The smallest absolute Gasteiger partial charge is 0.243 e. The van der Waals surface area contributed by atoms with Crippen molar-refractivity contribution in [1.29, 1.82) is 0 Å². The van der Waals surface area contributed by atoms with Crippen molar-refractivity contribution in [2.24, 2.45) is 5.92 Å². The monoisotopic (exact) mass is 466 g/mol. The van der Waals surface area contributed by atoms with Crippen LogP contribution in [0.1, 0.15) is 12.8 Å². The Balaban J connectivity index is 1.76. The van der Waals surface area contributed by atoms with Gasteiger partial charge in [0.15, 0.2) is 0 Å². The fourth-order valence-corrected chi connectivity index (χ4v) is 5.13. The van der Waals surface area contributed by atoms with Crippen molar-refractivity contribution in [3.05, 3.63) is 53.0 Å². The minimum atomic E-state index is -3.62. The van der Waals surface area contributed by atoms with Crippen molar-refractivity contribution in [2.45, 2.75) is 17.7 Å². The third-order valence-corrected chi connectivity index (χ3v) is 7.36. The van der Waals surface area contributed by atoms with Crippen molar-refractivity contribution in [2.75, 3.05) is 32.1 Å². The van der Waals surface area contributed by atoms with E-state index in [4.69, 9.17) is 4.74 Å². The topological polar surface area (TPSA) is 66.9 Å². The number of benzene rings is 2. The number of carbonyl (C=O) groups is 1. The largest absolute Gasteiger partial charge is 0.497 e. The molecule has 1 amide bonds. The summed E-state index contributed by atoms with van der Waals surface area (Å²) in [6.07, 6.45) is 1.32. The lowest BCUT2D eigenvalue weighted by Gasteiger charge is -2.33. The molecule has 2 aromatic rings. The summed E-state index contributed by atoms with van der Waals surface area (Å²) in [5.41, 5.74) is 0.720. The number of piperidine rings is 1. The molecule has 0 aliphatic carbocycles. The summed E-state index contributed by atoms with van der Waals surface area (Å²) < 4.78 is 33.4. The van der Waals surface area contributed by atoms with Crippen LogP contribution >= 0.6 is 15.9 Å². The molecule has 1 fully saturated rings. The number of ether oxygens (including phenoxy) is 1. The molecule has 8 heteroatoms. The molecule has 2 aromatic carbocycles. The maximum absolute atomic E-state index is 13.0. The standard InChI is InChI=1S/C20H23BrN2O4S/c1-22(17-6-3-7-18(13-17)27-2)20(24)15-5-4-12-23(14-15)28(25,26)19-10-8-16(21)9-11-19/h3,6-11,13,15H,4-5,12,14H2,1-2H3/t15-/m1/s1. The molecule has 0 N–H and O–H groups in total. The second-order valence-electron chi connectivity index (χ2n) is 6.75. The molecule has 150 valence electrons. The Morgan fingerprint density at radius 2 is 1.93 bits per heavy atom. The zero-order valence-electron chi connectivity index (χ0n) is 15.8. The van der Waals surface area contributed by atoms with Crippen LogP contribution in [0.25, 0.3) is 0 Å². The average Bonchev–Trinajstić information content (AvgIpc) is 2.73. The normalized spacial score (nSPS) is 17.9. The van der Waals surface area contributed by atoms with Gasteiger partial charge in [-0.15, -0.1) is 0 Å². The first-order chi connectivity index (χ1) is 13.3. The van der Waals surface area contributed by atoms with Gasteiger partial charge >= 0.3 is 0 Å². The molecule has 0 bridgehead atoms. The van der Waals surface area contributed by atoms with E-state index in [-0.39, 0.29) is 23.3 Å². The summed E-state index contributed by atoms with van der Waals surface area (Å²) in [4.78, 5) is 14.8. The average molecular weight is 467 g/mol. The summed E-state index contributed by atoms with van der Waals surface area (Å²) in [5.74, 6) is 0.194. The van der Waals surface area contributed by atoms with Crippen LogP contribution in [0.3, 0.4) is 0 Å². The van der Waals surface area contributed by atoms with Gasteiger partial charge in [0, 0.05) is 36.4 Å². The Labute approximate surface area is 174 Å². The number of nitrogens with zero attached hydrogens (tertiary/aromatic N) is 2. The maximum atomic E-state index is 13.0. The van der Waals surface area contributed by atoms with Gasteiger partial charge in [0.25, 0.3) is 0 Å². The highest BCUT2D eigenvalue weighted by atomic mass is 79.9. The number of anilines is 1. The minimum absolute atomic E-state index is 0.0936. The highest BCUT2D eigenvalue weighted by molar-refractivity contribution is 9.10. The quantitative estimate of drug-likeness (QED) is 0.675. The molecule has 0 spiro atoms. The molecule has 1 atom stereocenters. The summed E-state index contributed by atoms with van der Waals surface area (Å²) in [5, 5.41) is 0. The van der Waals surface area contributed by atoms with Crippen LogP contribution in [-0.4, -0.2) is 45.9 Å². The Morgan fingerprint density at radius 3 is 2.61 bits per heavy atom. The van der Waals surface area contributed by atoms with Gasteiger partial charge in [0.05, 0.1) is 17.9 Å². The molecule has 1 aliphatic rings. The number of amides is 1. The van der Waals surface area contributed by atoms with Crippen LogP contribution in [-0.2, 0) is 14.8 Å². The van der Waals surface area contributed by atoms with Gasteiger partial charge in [-0.1, -0.05) is 22.0 Å². The lowest BCUT2D eigenvalue weighted by molar-refractivity contribution is -0.123. The lowest BCUT2D eigenvalue weighted by atomic mass is 9.98. The molecule has 28 heavy (non-hydrogen) atoms. The van der Waals surface area contributed by atoms with Gasteiger partial charge in [0.2, 0.25) is 15.9 Å². The minimum Gasteiger partial charge on any atom is -0.497 e. The van der Waals surface area contributed by atoms with Gasteiger partial charge in [0.1, 0.15) is 5.75 Å². The SMILES string of the molecule is COc1cccc(N(C)C(=O)[C@@H]2CCCN(S(=O)(=O)c3ccc(Br)cc3)C2)c1. The Bertz CT molecular complexity index is 947. The number of hydrogen-bond donors (Lipinski definition) is 0. The Hall–Kier alpha value is -1.90. The molecule has 0 saturated carbocycles. The molecular formula is C20H23BrN2O4S. The first-order valence-electron chi connectivity index (χ1n) is 9.00. The van der Waals surface area contributed by atoms with E-state index < -0.39 is 10.0 Å². The van der Waals surface area contributed by atoms with Crippen LogP contribution in [0.5, 0.6) is 5.75 Å². The highest BCUT2D eigenvalue weighted by Crippen LogP contribution is 2.28. The van der Waals surface area contributed by atoms with Gasteiger partial charge in [-0.05, 0) is 49.2 Å². The molecule has 1 saturated heterocycles. The predicted molar refractivity (Wildman–Crippen MR) is 112 cm³/mol. The fourth-order valence-electron chi connectivity index (χ4n) is 3.34. The van der Waals surface area contributed by atoms with Crippen LogP contribution in [0.15, 0.2) is 57.9 Å². The van der Waals surface area contributed by atoms with Crippen molar-refractivity contribution >= 4 is 37.5 Å². The van der Waals surface area contributed by atoms with Gasteiger partial charge in [-0.2, -0.15) is 4.31 Å². The van der Waals surface area contributed by atoms with Crippen molar-refractivity contribution in [1.82, 2.24) is 4.31 Å². The van der Waals surface area contributed by atoms with E-state index in [1.165, 1.54) is 4.31 Å². The van der Waals surface area contributed by atoms with E-state index in [9.17, 15) is 13.2 Å². The molecule has 1 aliphatic heterocycles. The number of carbonyl (C=O) groups excluding carboxylic acids is 1. The second kappa shape index (κ2) is 8.63. The van der Waals surface area contributed by atoms with Crippen molar-refractivity contribution in [3.8, 4) is 5.75 Å². The summed E-state index contributed by atoms with van der Waals surface area (Å²) >= 11 is 3.32. The van der Waals surface area contributed by atoms with Crippen molar-refractivity contribution < 1.29 is 17.9 Å². The van der Waals surface area contributed by atoms with Crippen LogP contribution in [0, 0.1) is 5.92 Å². The van der Waals surface area contributed by atoms with E-state index >= 15 is 0 Å². The molecule has 0 unspecified atom stereocenters. The first-order valence-corrected chi connectivity index (χ1v) is 11.2. The zero-order chi connectivity index (χ0) is 20.3. The predicted octanol–water partition coefficient (Wildman–Crippen LogP) is 3.52. The van der Waals surface area contributed by atoms with Crippen LogP contribution < -0.4 is 9.64 Å². The molecule has 0 aromatic heterocycles. The fraction of sp³-hybridized carbons (Fsp3) is 0.350. The van der Waals surface area contributed by atoms with Crippen LogP contribution in [0.2, 0.25) is 0 Å². The van der Waals surface area contributed by atoms with Crippen LogP contribution in [0.4, 0.5) is 5.69 Å². The van der Waals surface area contributed by atoms with E-state index in [1.54, 1.807) is 49.4 Å². The number of methoxy groups -OCH3 is 1. The van der Waals surface area contributed by atoms with Crippen molar-refractivity contribution in [3.63, 3.8) is 0 Å². The Kier molecular flexibility index (Phi) is 6.42. The maximum Gasteiger partial charge on any atom is 0.243 e. The first kappa shape index (κ1) is 20.8. The van der Waals surface area contributed by atoms with Gasteiger partial charge in [-0.3, -0.25) is 4.79 Å². The van der Waals surface area contributed by atoms with Gasteiger partial charge < -0.3 is 9.64 Å². The highest BCUT2D eigenvalue weighted by Gasteiger charge is 2.34. The summed E-state index contributed by atoms with van der Waals surface area (Å²) in [6.45, 7) is 0.608. The third-order valence-electron chi connectivity index (χ3n) is 4.96. The molecule has 6 nitrogen and oxygen atoms in total. The number of halogens is 1. The summed E-state index contributed by atoms with van der Waals surface area (Å²) in [6, 6.07) is 13.8. The zero-order valence-corrected chi connectivity index (χ0v) is 18.2. The molecule has 1 heterocycles. The molecular weight excluding hydrogens is 444 g/mol. The molecule has 3 rings (SSSR count). The summed E-state index contributed by atoms with van der Waals surface area (Å²) in [7, 11) is -0.341. The number of hydrogen-bond acceptors (Lipinski definition) is 4. The number of sulfonamides is 1. The molecule has 0 radical (unpaired) electrons. The van der Waals surface area contributed by atoms with E-state index in [2.05, 4.69) is 15.9 Å².